The number of carbonyl (C=O) groups excluding carboxylic acids is 3. The molecule has 1 fully saturated rings. The normalized spacial score (nSPS) is 16.3. The lowest BCUT2D eigenvalue weighted by Crippen LogP contribution is -2.36. The van der Waals surface area contributed by atoms with Gasteiger partial charge in [0.1, 0.15) is 5.75 Å². The highest BCUT2D eigenvalue weighted by atomic mass is 16.5. The molecule has 3 amide bonds. The highest BCUT2D eigenvalue weighted by Gasteiger charge is 2.35. The molecule has 0 spiro atoms. The van der Waals surface area contributed by atoms with E-state index < -0.39 is 0 Å². The minimum absolute atomic E-state index is 0.0687. The Morgan fingerprint density at radius 1 is 0.964 bits per heavy atom. The van der Waals surface area contributed by atoms with Crippen LogP contribution >= 0.6 is 0 Å². The maximum atomic E-state index is 13.0. The smallest absolute Gasteiger partial charge is 0.261 e. The van der Waals surface area contributed by atoms with Gasteiger partial charge in [-0.15, -0.1) is 0 Å². The summed E-state index contributed by atoms with van der Waals surface area (Å²) in [6.45, 7) is 1.60. The molecular weight excluding hydrogens is 356 g/mol. The van der Waals surface area contributed by atoms with E-state index >= 15 is 0 Å². The van der Waals surface area contributed by atoms with Gasteiger partial charge in [-0.1, -0.05) is 18.2 Å². The second kappa shape index (κ2) is 7.46. The van der Waals surface area contributed by atoms with E-state index in [0.717, 1.165) is 37.9 Å². The molecule has 144 valence electrons. The highest BCUT2D eigenvalue weighted by molar-refractivity contribution is 6.21. The average Bonchev–Trinajstić information content (AvgIpc) is 2.99. The summed E-state index contributed by atoms with van der Waals surface area (Å²) in [5, 5.41) is 0. The van der Waals surface area contributed by atoms with Gasteiger partial charge >= 0.3 is 0 Å². The number of methoxy groups -OCH3 is 1. The summed E-state index contributed by atoms with van der Waals surface area (Å²) in [7, 11) is 1.53. The molecule has 2 aromatic carbocycles. The number of carbonyl (C=O) groups is 3. The molecule has 6 heteroatoms. The molecule has 0 aromatic heterocycles. The summed E-state index contributed by atoms with van der Waals surface area (Å²) in [6, 6.07) is 12.1. The van der Waals surface area contributed by atoms with E-state index in [4.69, 9.17) is 4.74 Å². The van der Waals surface area contributed by atoms with Crippen molar-refractivity contribution >= 4 is 17.7 Å². The summed E-state index contributed by atoms with van der Waals surface area (Å²) in [4.78, 5) is 41.3. The first-order chi connectivity index (χ1) is 13.6. The van der Waals surface area contributed by atoms with E-state index in [1.165, 1.54) is 12.0 Å². The zero-order valence-corrected chi connectivity index (χ0v) is 15.8. The number of fused-ring (bicyclic) bond motifs is 1. The zero-order valence-electron chi connectivity index (χ0n) is 15.8. The Morgan fingerprint density at radius 2 is 1.61 bits per heavy atom. The Kier molecular flexibility index (Phi) is 4.86. The number of benzene rings is 2. The lowest BCUT2D eigenvalue weighted by Gasteiger charge is -2.27. The van der Waals surface area contributed by atoms with Gasteiger partial charge in [0, 0.05) is 13.1 Å². The van der Waals surface area contributed by atoms with Crippen molar-refractivity contribution < 1.29 is 19.1 Å². The van der Waals surface area contributed by atoms with Gasteiger partial charge in [0.15, 0.2) is 0 Å². The van der Waals surface area contributed by atoms with Crippen LogP contribution in [0.4, 0.5) is 0 Å². The third-order valence-corrected chi connectivity index (χ3v) is 5.36. The zero-order chi connectivity index (χ0) is 19.7. The third-order valence-electron chi connectivity index (χ3n) is 5.36. The molecule has 0 atom stereocenters. The Balaban J connectivity index is 1.60. The number of amides is 3. The number of piperidine rings is 1. The molecule has 0 unspecified atom stereocenters. The van der Waals surface area contributed by atoms with Crippen LogP contribution in [0.3, 0.4) is 0 Å². The van der Waals surface area contributed by atoms with Gasteiger partial charge in [-0.05, 0) is 49.1 Å². The van der Waals surface area contributed by atoms with Crippen molar-refractivity contribution in [2.24, 2.45) is 0 Å². The van der Waals surface area contributed by atoms with Crippen molar-refractivity contribution in [2.45, 2.75) is 25.8 Å². The number of hydrogen-bond acceptors (Lipinski definition) is 4. The highest BCUT2D eigenvalue weighted by Crippen LogP contribution is 2.27. The molecule has 1 saturated heterocycles. The van der Waals surface area contributed by atoms with E-state index in [0.29, 0.717) is 22.4 Å². The van der Waals surface area contributed by atoms with Gasteiger partial charge in [0.25, 0.3) is 17.7 Å². The van der Waals surface area contributed by atoms with Crippen LogP contribution in [0.2, 0.25) is 0 Å². The fraction of sp³-hybridized carbons (Fsp3) is 0.318. The fourth-order valence-corrected chi connectivity index (χ4v) is 3.85. The molecule has 2 heterocycles. The molecule has 4 rings (SSSR count). The van der Waals surface area contributed by atoms with E-state index in [9.17, 15) is 14.4 Å². The van der Waals surface area contributed by atoms with Crippen LogP contribution in [0, 0.1) is 0 Å². The van der Waals surface area contributed by atoms with Gasteiger partial charge in [0.05, 0.1) is 30.3 Å². The molecule has 28 heavy (non-hydrogen) atoms. The maximum absolute atomic E-state index is 13.0. The third kappa shape index (κ3) is 3.15. The Labute approximate surface area is 163 Å². The summed E-state index contributed by atoms with van der Waals surface area (Å²) >= 11 is 0. The van der Waals surface area contributed by atoms with Crippen LogP contribution in [0.15, 0.2) is 42.5 Å². The van der Waals surface area contributed by atoms with Crippen molar-refractivity contribution in [2.75, 3.05) is 20.2 Å². The predicted molar refractivity (Wildman–Crippen MR) is 103 cm³/mol. The van der Waals surface area contributed by atoms with Crippen LogP contribution in [0.25, 0.3) is 0 Å². The van der Waals surface area contributed by atoms with E-state index in [1.807, 2.05) is 4.90 Å². The van der Waals surface area contributed by atoms with E-state index in [2.05, 4.69) is 0 Å². The Morgan fingerprint density at radius 3 is 2.21 bits per heavy atom. The number of likely N-dealkylation sites (tertiary alicyclic amines) is 1. The van der Waals surface area contributed by atoms with Crippen molar-refractivity contribution in [3.63, 3.8) is 0 Å². The van der Waals surface area contributed by atoms with Crippen molar-refractivity contribution in [3.8, 4) is 5.75 Å². The molecule has 0 N–H and O–H groups in total. The quantitative estimate of drug-likeness (QED) is 0.767. The van der Waals surface area contributed by atoms with Gasteiger partial charge in [0.2, 0.25) is 0 Å². The number of imide groups is 1. The fourth-order valence-electron chi connectivity index (χ4n) is 3.85. The molecule has 6 nitrogen and oxygen atoms in total. The number of ether oxygens (including phenoxy) is 1. The maximum Gasteiger partial charge on any atom is 0.261 e. The monoisotopic (exact) mass is 378 g/mol. The molecule has 0 aliphatic carbocycles. The minimum atomic E-state index is -0.305. The molecule has 0 bridgehead atoms. The standard InChI is InChI=1S/C22H22N2O4/c1-28-19-10-9-15(13-18(19)20(25)23-11-5-2-6-12-23)14-24-21(26)16-7-3-4-8-17(16)22(24)27/h3-4,7-10,13H,2,5-6,11-12,14H2,1H3. The SMILES string of the molecule is COc1ccc(CN2C(=O)c3ccccc3C2=O)cc1C(=O)N1CCCCC1. The average molecular weight is 378 g/mol. The van der Waals surface area contributed by atoms with Crippen LogP contribution in [-0.4, -0.2) is 47.7 Å². The predicted octanol–water partition coefficient (Wildman–Crippen LogP) is 3.12. The number of hydrogen-bond donors (Lipinski definition) is 0. The number of rotatable bonds is 4. The van der Waals surface area contributed by atoms with Crippen molar-refractivity contribution in [1.82, 2.24) is 9.80 Å². The van der Waals surface area contributed by atoms with Gasteiger partial charge in [-0.3, -0.25) is 19.3 Å². The minimum Gasteiger partial charge on any atom is -0.496 e. The summed E-state index contributed by atoms with van der Waals surface area (Å²) in [6.07, 6.45) is 3.15. The Hall–Kier alpha value is -3.15. The number of nitrogens with zero attached hydrogens (tertiary/aromatic N) is 2. The first-order valence-electron chi connectivity index (χ1n) is 9.51. The van der Waals surface area contributed by atoms with Crippen LogP contribution in [0.1, 0.15) is 55.9 Å². The van der Waals surface area contributed by atoms with Gasteiger partial charge < -0.3 is 9.64 Å². The van der Waals surface area contributed by atoms with Crippen LogP contribution < -0.4 is 4.74 Å². The molecule has 2 aliphatic rings. The van der Waals surface area contributed by atoms with Gasteiger partial charge in [-0.2, -0.15) is 0 Å². The summed E-state index contributed by atoms with van der Waals surface area (Å²) in [5.74, 6) is -0.178. The molecule has 0 saturated carbocycles. The van der Waals surface area contributed by atoms with E-state index in [-0.39, 0.29) is 24.3 Å². The second-order valence-electron chi connectivity index (χ2n) is 7.13. The molecule has 2 aromatic rings. The summed E-state index contributed by atoms with van der Waals surface area (Å²) < 4.78 is 5.38. The molecular formula is C22H22N2O4. The Bertz CT molecular complexity index is 912. The topological polar surface area (TPSA) is 66.9 Å². The second-order valence-corrected chi connectivity index (χ2v) is 7.13. The van der Waals surface area contributed by atoms with Crippen LogP contribution in [0.5, 0.6) is 5.75 Å². The molecule has 0 radical (unpaired) electrons. The first-order valence-corrected chi connectivity index (χ1v) is 9.51. The lowest BCUT2D eigenvalue weighted by atomic mass is 10.1. The van der Waals surface area contributed by atoms with Gasteiger partial charge in [-0.25, -0.2) is 0 Å². The largest absolute Gasteiger partial charge is 0.496 e. The van der Waals surface area contributed by atoms with Crippen molar-refractivity contribution in [3.05, 3.63) is 64.7 Å². The first kappa shape index (κ1) is 18.2. The lowest BCUT2D eigenvalue weighted by molar-refractivity contribution is 0.0642. The van der Waals surface area contributed by atoms with Crippen LogP contribution in [-0.2, 0) is 6.54 Å². The van der Waals surface area contributed by atoms with Crippen molar-refractivity contribution in [1.29, 1.82) is 0 Å². The van der Waals surface area contributed by atoms with E-state index in [1.54, 1.807) is 42.5 Å². The molecule has 2 aliphatic heterocycles. The summed E-state index contributed by atoms with van der Waals surface area (Å²) in [5.41, 5.74) is 2.03.